The smallest absolute Gasteiger partial charge is 0.264 e. The van der Waals surface area contributed by atoms with Crippen molar-refractivity contribution in [3.63, 3.8) is 0 Å². The maximum atomic E-state index is 13.6. The van der Waals surface area contributed by atoms with Crippen molar-refractivity contribution in [2.24, 2.45) is 0 Å². The molecule has 1 fully saturated rings. The molecule has 2 amide bonds. The number of para-hydroxylation sites is 2. The molecule has 1 heterocycles. The number of sulfonamides is 1. The number of nitrogens with one attached hydrogen (secondary N) is 3. The third-order valence-electron chi connectivity index (χ3n) is 6.07. The van der Waals surface area contributed by atoms with Crippen LogP contribution in [-0.4, -0.2) is 66.8 Å². The van der Waals surface area contributed by atoms with E-state index in [2.05, 4.69) is 15.4 Å². The molecule has 0 saturated carbocycles. The molecule has 0 unspecified atom stereocenters. The Morgan fingerprint density at radius 1 is 1.00 bits per heavy atom. The van der Waals surface area contributed by atoms with E-state index in [0.717, 1.165) is 0 Å². The van der Waals surface area contributed by atoms with E-state index in [9.17, 15) is 18.0 Å². The Balaban J connectivity index is 1.51. The minimum Gasteiger partial charge on any atom is -0.495 e. The van der Waals surface area contributed by atoms with E-state index in [1.807, 2.05) is 11.8 Å². The predicted octanol–water partition coefficient (Wildman–Crippen LogP) is 3.10. The van der Waals surface area contributed by atoms with Gasteiger partial charge in [-0.15, -0.1) is 0 Å². The van der Waals surface area contributed by atoms with Crippen molar-refractivity contribution in [2.75, 3.05) is 61.5 Å². The Kier molecular flexibility index (Phi) is 9.46. The Labute approximate surface area is 233 Å². The Hall–Kier alpha value is -4.29. The number of rotatable bonds is 11. The quantitative estimate of drug-likeness (QED) is 0.321. The summed E-state index contributed by atoms with van der Waals surface area (Å²) in [6.07, 6.45) is 0. The van der Waals surface area contributed by atoms with Crippen LogP contribution >= 0.6 is 0 Å². The topological polar surface area (TPSA) is 135 Å². The lowest BCUT2D eigenvalue weighted by atomic mass is 10.2. The van der Waals surface area contributed by atoms with Crippen LogP contribution in [0.2, 0.25) is 0 Å². The number of benzene rings is 3. The molecule has 0 radical (unpaired) electrons. The Bertz CT molecular complexity index is 1440. The van der Waals surface area contributed by atoms with Crippen molar-refractivity contribution in [1.82, 2.24) is 5.32 Å². The van der Waals surface area contributed by atoms with Gasteiger partial charge in [0.2, 0.25) is 5.91 Å². The zero-order valence-corrected chi connectivity index (χ0v) is 23.1. The molecule has 4 rings (SSSR count). The number of morpholine rings is 1. The van der Waals surface area contributed by atoms with E-state index in [1.54, 1.807) is 60.7 Å². The SMILES string of the molecule is CCOc1ccc(C(=O)NCC(=O)Nc2ccc(N3CCOCC3)c(S(=O)(=O)Nc3ccccc3OC)c2)cc1. The van der Waals surface area contributed by atoms with Crippen molar-refractivity contribution in [3.05, 3.63) is 72.3 Å². The normalized spacial score (nSPS) is 13.3. The van der Waals surface area contributed by atoms with Crippen LogP contribution in [0.1, 0.15) is 17.3 Å². The van der Waals surface area contributed by atoms with Gasteiger partial charge in [-0.2, -0.15) is 0 Å². The maximum absolute atomic E-state index is 13.6. The second-order valence-corrected chi connectivity index (χ2v) is 10.4. The minimum atomic E-state index is -4.10. The van der Waals surface area contributed by atoms with Crippen LogP contribution in [0.25, 0.3) is 0 Å². The molecule has 0 aromatic heterocycles. The summed E-state index contributed by atoms with van der Waals surface area (Å²) in [6.45, 7) is 4.03. The summed E-state index contributed by atoms with van der Waals surface area (Å²) >= 11 is 0. The number of amides is 2. The van der Waals surface area contributed by atoms with E-state index in [1.165, 1.54) is 13.2 Å². The first-order valence-electron chi connectivity index (χ1n) is 12.7. The average molecular weight is 569 g/mol. The van der Waals surface area contributed by atoms with E-state index in [-0.39, 0.29) is 22.8 Å². The molecule has 3 aromatic carbocycles. The van der Waals surface area contributed by atoms with Crippen molar-refractivity contribution < 1.29 is 32.2 Å². The van der Waals surface area contributed by atoms with Gasteiger partial charge in [0, 0.05) is 24.3 Å². The number of hydrogen-bond donors (Lipinski definition) is 3. The standard InChI is InChI=1S/C28H32N4O7S/c1-3-39-22-11-8-20(9-12-22)28(34)29-19-27(33)30-21-10-13-24(32-14-16-38-17-15-32)26(18-21)40(35,36)31-23-6-4-5-7-25(23)37-2/h4-13,18,31H,3,14-17,19H2,1-2H3,(H,29,34)(H,30,33). The first kappa shape index (κ1) is 28.7. The van der Waals surface area contributed by atoms with Gasteiger partial charge in [0.1, 0.15) is 16.4 Å². The third-order valence-corrected chi connectivity index (χ3v) is 7.47. The highest BCUT2D eigenvalue weighted by molar-refractivity contribution is 7.93. The summed E-state index contributed by atoms with van der Waals surface area (Å²) in [7, 11) is -2.64. The molecule has 3 N–H and O–H groups in total. The summed E-state index contributed by atoms with van der Waals surface area (Å²) in [4.78, 5) is 27.0. The molecule has 11 nitrogen and oxygen atoms in total. The lowest BCUT2D eigenvalue weighted by Crippen LogP contribution is -2.37. The van der Waals surface area contributed by atoms with E-state index in [0.29, 0.717) is 55.7 Å². The number of anilines is 3. The fourth-order valence-corrected chi connectivity index (χ4v) is 5.46. The molecular formula is C28H32N4O7S. The summed E-state index contributed by atoms with van der Waals surface area (Å²) < 4.78 is 45.9. The lowest BCUT2D eigenvalue weighted by Gasteiger charge is -2.30. The molecular weight excluding hydrogens is 536 g/mol. The highest BCUT2D eigenvalue weighted by Gasteiger charge is 2.25. The third kappa shape index (κ3) is 7.21. The number of nitrogens with zero attached hydrogens (tertiary/aromatic N) is 1. The van der Waals surface area contributed by atoms with Crippen molar-refractivity contribution in [2.45, 2.75) is 11.8 Å². The molecule has 0 atom stereocenters. The van der Waals surface area contributed by atoms with Gasteiger partial charge >= 0.3 is 0 Å². The van der Waals surface area contributed by atoms with Crippen molar-refractivity contribution in [1.29, 1.82) is 0 Å². The molecule has 212 valence electrons. The maximum Gasteiger partial charge on any atom is 0.264 e. The van der Waals surface area contributed by atoms with Gasteiger partial charge in [0.15, 0.2) is 0 Å². The minimum absolute atomic E-state index is 0.0171. The second kappa shape index (κ2) is 13.2. The molecule has 1 saturated heterocycles. The van der Waals surface area contributed by atoms with Crippen LogP contribution in [0.5, 0.6) is 11.5 Å². The van der Waals surface area contributed by atoms with Crippen LogP contribution in [-0.2, 0) is 19.6 Å². The highest BCUT2D eigenvalue weighted by Crippen LogP contribution is 2.33. The Morgan fingerprint density at radius 3 is 2.42 bits per heavy atom. The first-order valence-corrected chi connectivity index (χ1v) is 14.2. The summed E-state index contributed by atoms with van der Waals surface area (Å²) in [5.74, 6) is 0.0691. The van der Waals surface area contributed by atoms with Gasteiger partial charge in [-0.1, -0.05) is 12.1 Å². The number of carbonyl (C=O) groups excluding carboxylic acids is 2. The van der Waals surface area contributed by atoms with Crippen LogP contribution in [0.4, 0.5) is 17.1 Å². The van der Waals surface area contributed by atoms with E-state index in [4.69, 9.17) is 14.2 Å². The van der Waals surface area contributed by atoms with Crippen molar-refractivity contribution >= 4 is 38.9 Å². The predicted molar refractivity (Wildman–Crippen MR) is 152 cm³/mol. The summed E-state index contributed by atoms with van der Waals surface area (Å²) in [5.41, 5.74) is 1.40. The van der Waals surface area contributed by atoms with Gasteiger partial charge in [0.05, 0.1) is 44.8 Å². The molecule has 0 aliphatic carbocycles. The van der Waals surface area contributed by atoms with Crippen LogP contribution in [0.15, 0.2) is 71.6 Å². The average Bonchev–Trinajstić information content (AvgIpc) is 2.97. The fourth-order valence-electron chi connectivity index (χ4n) is 4.14. The molecule has 0 spiro atoms. The second-order valence-electron chi connectivity index (χ2n) is 8.78. The Morgan fingerprint density at radius 2 is 1.73 bits per heavy atom. The molecule has 1 aliphatic rings. The molecule has 3 aromatic rings. The number of hydrogen-bond acceptors (Lipinski definition) is 8. The van der Waals surface area contributed by atoms with Gasteiger partial charge in [-0.25, -0.2) is 8.42 Å². The van der Waals surface area contributed by atoms with Crippen LogP contribution < -0.4 is 29.7 Å². The molecule has 1 aliphatic heterocycles. The summed E-state index contributed by atoms with van der Waals surface area (Å²) in [6, 6.07) is 17.9. The van der Waals surface area contributed by atoms with E-state index < -0.39 is 21.8 Å². The largest absolute Gasteiger partial charge is 0.495 e. The number of methoxy groups -OCH3 is 1. The highest BCUT2D eigenvalue weighted by atomic mass is 32.2. The number of carbonyl (C=O) groups is 2. The first-order chi connectivity index (χ1) is 19.3. The van der Waals surface area contributed by atoms with Crippen LogP contribution in [0, 0.1) is 0 Å². The number of ether oxygens (including phenoxy) is 3. The molecule has 40 heavy (non-hydrogen) atoms. The lowest BCUT2D eigenvalue weighted by molar-refractivity contribution is -0.115. The van der Waals surface area contributed by atoms with Gasteiger partial charge in [-0.05, 0) is 61.5 Å². The molecule has 12 heteroatoms. The van der Waals surface area contributed by atoms with Crippen molar-refractivity contribution in [3.8, 4) is 11.5 Å². The molecule has 0 bridgehead atoms. The monoisotopic (exact) mass is 568 g/mol. The zero-order chi connectivity index (χ0) is 28.5. The van der Waals surface area contributed by atoms with Gasteiger partial charge < -0.3 is 29.7 Å². The van der Waals surface area contributed by atoms with Gasteiger partial charge in [0.25, 0.3) is 15.9 Å². The summed E-state index contributed by atoms with van der Waals surface area (Å²) in [5, 5.41) is 5.24. The fraction of sp³-hybridized carbons (Fsp3) is 0.286. The van der Waals surface area contributed by atoms with Crippen LogP contribution in [0.3, 0.4) is 0 Å². The van der Waals surface area contributed by atoms with Gasteiger partial charge in [-0.3, -0.25) is 14.3 Å². The van der Waals surface area contributed by atoms with E-state index >= 15 is 0 Å². The zero-order valence-electron chi connectivity index (χ0n) is 22.3.